The van der Waals surface area contributed by atoms with Gasteiger partial charge in [-0.3, -0.25) is 9.59 Å². The maximum atomic E-state index is 12.0. The van der Waals surface area contributed by atoms with Crippen molar-refractivity contribution in [3.63, 3.8) is 0 Å². The zero-order chi connectivity index (χ0) is 17.4. The van der Waals surface area contributed by atoms with Gasteiger partial charge in [0.25, 0.3) is 0 Å². The molecule has 0 aromatic heterocycles. The minimum Gasteiger partial charge on any atom is -0.497 e. The Labute approximate surface area is 146 Å². The molecule has 1 saturated heterocycles. The van der Waals surface area contributed by atoms with E-state index >= 15 is 0 Å². The number of hydrogen-bond donors (Lipinski definition) is 1. The van der Waals surface area contributed by atoms with Crippen molar-refractivity contribution in [3.8, 4) is 11.5 Å². The number of carbonyl (C=O) groups is 2. The van der Waals surface area contributed by atoms with Gasteiger partial charge in [0.2, 0.25) is 11.8 Å². The molecule has 2 amide bonds. The Morgan fingerprint density at radius 2 is 1.67 bits per heavy atom. The molecule has 0 bridgehead atoms. The second-order valence-electron chi connectivity index (χ2n) is 5.58. The molecule has 1 fully saturated rings. The van der Waals surface area contributed by atoms with Crippen molar-refractivity contribution >= 4 is 29.3 Å². The highest BCUT2D eigenvalue weighted by molar-refractivity contribution is 8.00. The van der Waals surface area contributed by atoms with Crippen molar-refractivity contribution in [2.45, 2.75) is 19.3 Å². The number of thioether (sulfide) groups is 1. The van der Waals surface area contributed by atoms with E-state index < -0.39 is 0 Å². The molecular weight excluding hydrogens is 328 g/mol. The molecule has 6 nitrogen and oxygen atoms in total. The van der Waals surface area contributed by atoms with Crippen molar-refractivity contribution in [3.05, 3.63) is 18.2 Å². The van der Waals surface area contributed by atoms with Crippen molar-refractivity contribution in [1.82, 2.24) is 4.90 Å². The monoisotopic (exact) mass is 352 g/mol. The fraction of sp³-hybridized carbons (Fsp3) is 0.529. The molecule has 1 aliphatic heterocycles. The van der Waals surface area contributed by atoms with Gasteiger partial charge in [0, 0.05) is 37.0 Å². The number of ether oxygens (including phenoxy) is 2. The lowest BCUT2D eigenvalue weighted by molar-refractivity contribution is -0.129. The first-order valence-corrected chi connectivity index (χ1v) is 9.16. The van der Waals surface area contributed by atoms with E-state index in [1.165, 1.54) is 18.2 Å². The van der Waals surface area contributed by atoms with E-state index in [2.05, 4.69) is 5.32 Å². The Morgan fingerprint density at radius 3 is 2.25 bits per heavy atom. The minimum absolute atomic E-state index is 0.121. The summed E-state index contributed by atoms with van der Waals surface area (Å²) >= 11 is 1.34. The molecule has 132 valence electrons. The van der Waals surface area contributed by atoms with Crippen molar-refractivity contribution in [2.24, 2.45) is 0 Å². The van der Waals surface area contributed by atoms with Crippen LogP contribution in [0.3, 0.4) is 0 Å². The van der Waals surface area contributed by atoms with E-state index in [4.69, 9.17) is 9.47 Å². The fourth-order valence-corrected chi connectivity index (χ4v) is 3.26. The number of nitrogens with one attached hydrogen (secondary N) is 1. The van der Waals surface area contributed by atoms with E-state index in [0.29, 0.717) is 22.9 Å². The summed E-state index contributed by atoms with van der Waals surface area (Å²) in [5.41, 5.74) is 0.610. The number of piperidine rings is 1. The molecule has 0 spiro atoms. The van der Waals surface area contributed by atoms with Crippen LogP contribution in [0.5, 0.6) is 11.5 Å². The highest BCUT2D eigenvalue weighted by atomic mass is 32.2. The third-order valence-electron chi connectivity index (χ3n) is 3.80. The van der Waals surface area contributed by atoms with Crippen LogP contribution in [0.2, 0.25) is 0 Å². The Balaban J connectivity index is 1.77. The van der Waals surface area contributed by atoms with Gasteiger partial charge in [0.1, 0.15) is 11.5 Å². The number of likely N-dealkylation sites (tertiary alicyclic amines) is 1. The third kappa shape index (κ3) is 5.63. The van der Waals surface area contributed by atoms with Gasteiger partial charge in [0.05, 0.1) is 25.7 Å². The lowest BCUT2D eigenvalue weighted by Crippen LogP contribution is -2.37. The molecule has 0 unspecified atom stereocenters. The average molecular weight is 352 g/mol. The molecule has 24 heavy (non-hydrogen) atoms. The van der Waals surface area contributed by atoms with Gasteiger partial charge in [-0.1, -0.05) is 0 Å². The quantitative estimate of drug-likeness (QED) is 0.816. The number of anilines is 1. The maximum absolute atomic E-state index is 12.0. The van der Waals surface area contributed by atoms with E-state index in [9.17, 15) is 9.59 Å². The molecule has 1 aliphatic rings. The summed E-state index contributed by atoms with van der Waals surface area (Å²) in [5.74, 6) is 1.76. The first-order valence-electron chi connectivity index (χ1n) is 8.01. The average Bonchev–Trinajstić information content (AvgIpc) is 2.61. The Morgan fingerprint density at radius 1 is 1.04 bits per heavy atom. The van der Waals surface area contributed by atoms with Crippen molar-refractivity contribution < 1.29 is 19.1 Å². The summed E-state index contributed by atoms with van der Waals surface area (Å²) in [4.78, 5) is 26.0. The van der Waals surface area contributed by atoms with Crippen LogP contribution in [0.1, 0.15) is 19.3 Å². The lowest BCUT2D eigenvalue weighted by atomic mass is 10.1. The van der Waals surface area contributed by atoms with Crippen LogP contribution in [0.4, 0.5) is 5.69 Å². The second kappa shape index (κ2) is 9.42. The van der Waals surface area contributed by atoms with Gasteiger partial charge in [0.15, 0.2) is 0 Å². The van der Waals surface area contributed by atoms with E-state index in [1.807, 2.05) is 4.90 Å². The van der Waals surface area contributed by atoms with Gasteiger partial charge in [-0.2, -0.15) is 0 Å². The second-order valence-corrected chi connectivity index (χ2v) is 6.57. The number of nitrogens with zero attached hydrogens (tertiary/aromatic N) is 1. The summed E-state index contributed by atoms with van der Waals surface area (Å²) in [6.45, 7) is 1.68. The van der Waals surface area contributed by atoms with Crippen LogP contribution < -0.4 is 14.8 Å². The van der Waals surface area contributed by atoms with E-state index in [0.717, 1.165) is 25.9 Å². The van der Waals surface area contributed by atoms with Gasteiger partial charge in [-0.25, -0.2) is 0 Å². The molecule has 0 saturated carbocycles. The highest BCUT2D eigenvalue weighted by Gasteiger charge is 2.16. The summed E-state index contributed by atoms with van der Waals surface area (Å²) < 4.78 is 10.3. The van der Waals surface area contributed by atoms with E-state index in [-0.39, 0.29) is 17.6 Å². The molecule has 0 aliphatic carbocycles. The van der Waals surface area contributed by atoms with Gasteiger partial charge >= 0.3 is 0 Å². The summed E-state index contributed by atoms with van der Waals surface area (Å²) in [7, 11) is 3.12. The molecule has 1 heterocycles. The molecule has 1 aromatic rings. The summed E-state index contributed by atoms with van der Waals surface area (Å²) in [5, 5.41) is 2.80. The predicted octanol–water partition coefficient (Wildman–Crippen LogP) is 2.39. The SMILES string of the molecule is COc1cc(NC(=O)CSCC(=O)N2CCCCC2)cc(OC)c1. The van der Waals surface area contributed by atoms with Crippen LogP contribution in [-0.2, 0) is 9.59 Å². The van der Waals surface area contributed by atoms with Crippen LogP contribution in [0.25, 0.3) is 0 Å². The molecular formula is C17H24N2O4S. The zero-order valence-corrected chi connectivity index (χ0v) is 15.0. The number of benzene rings is 1. The van der Waals surface area contributed by atoms with Crippen molar-refractivity contribution in [1.29, 1.82) is 0 Å². The Kier molecular flexibility index (Phi) is 7.24. The minimum atomic E-state index is -0.151. The lowest BCUT2D eigenvalue weighted by Gasteiger charge is -2.26. The van der Waals surface area contributed by atoms with Crippen LogP contribution >= 0.6 is 11.8 Å². The fourth-order valence-electron chi connectivity index (χ4n) is 2.54. The molecule has 2 rings (SSSR count). The standard InChI is InChI=1S/C17H24N2O4S/c1-22-14-8-13(9-15(10-14)23-2)18-16(20)11-24-12-17(21)19-6-4-3-5-7-19/h8-10H,3-7,11-12H2,1-2H3,(H,18,20). The molecule has 0 atom stereocenters. The number of hydrogen-bond acceptors (Lipinski definition) is 5. The first-order chi connectivity index (χ1) is 11.6. The summed E-state index contributed by atoms with van der Waals surface area (Å²) in [6.07, 6.45) is 3.35. The molecule has 1 aromatic carbocycles. The van der Waals surface area contributed by atoms with Crippen LogP contribution in [-0.4, -0.2) is 55.5 Å². The number of carbonyl (C=O) groups excluding carboxylic acids is 2. The normalized spacial score (nSPS) is 14.2. The van der Waals surface area contributed by atoms with Gasteiger partial charge in [-0.05, 0) is 19.3 Å². The number of amides is 2. The smallest absolute Gasteiger partial charge is 0.234 e. The van der Waals surface area contributed by atoms with Crippen LogP contribution in [0, 0.1) is 0 Å². The number of methoxy groups -OCH3 is 2. The molecule has 7 heteroatoms. The van der Waals surface area contributed by atoms with Gasteiger partial charge < -0.3 is 19.7 Å². The maximum Gasteiger partial charge on any atom is 0.234 e. The van der Waals surface area contributed by atoms with Crippen molar-refractivity contribution in [2.75, 3.05) is 44.1 Å². The van der Waals surface area contributed by atoms with Gasteiger partial charge in [-0.15, -0.1) is 11.8 Å². The molecule has 1 N–H and O–H groups in total. The highest BCUT2D eigenvalue weighted by Crippen LogP contribution is 2.25. The predicted molar refractivity (Wildman–Crippen MR) is 95.9 cm³/mol. The third-order valence-corrected chi connectivity index (χ3v) is 4.72. The number of rotatable bonds is 7. The topological polar surface area (TPSA) is 67.9 Å². The largest absolute Gasteiger partial charge is 0.497 e. The van der Waals surface area contributed by atoms with Crippen LogP contribution in [0.15, 0.2) is 18.2 Å². The first kappa shape index (κ1) is 18.4. The Hall–Kier alpha value is -1.89. The summed E-state index contributed by atoms with van der Waals surface area (Å²) in [6, 6.07) is 5.19. The Bertz CT molecular complexity index is 551. The zero-order valence-electron chi connectivity index (χ0n) is 14.2. The van der Waals surface area contributed by atoms with E-state index in [1.54, 1.807) is 32.4 Å². The molecule has 0 radical (unpaired) electrons.